The number of fused-ring (bicyclic) bond motifs is 1. The normalized spacial score (nSPS) is 36.6. The van der Waals surface area contributed by atoms with Gasteiger partial charge in [-0.1, -0.05) is 30.3 Å². The quantitative estimate of drug-likeness (QED) is 0.698. The van der Waals surface area contributed by atoms with E-state index in [2.05, 4.69) is 22.3 Å². The summed E-state index contributed by atoms with van der Waals surface area (Å²) in [6, 6.07) is 10.4. The molecule has 0 radical (unpaired) electrons. The molecule has 2 fully saturated rings. The van der Waals surface area contributed by atoms with Crippen LogP contribution in [0.3, 0.4) is 0 Å². The monoisotopic (exact) mass is 248 g/mol. The molecule has 0 aromatic heterocycles. The summed E-state index contributed by atoms with van der Waals surface area (Å²) in [5.41, 5.74) is 1.23. The van der Waals surface area contributed by atoms with Crippen LogP contribution in [0.15, 0.2) is 30.3 Å². The lowest BCUT2D eigenvalue weighted by Crippen LogP contribution is -2.53. The summed E-state index contributed by atoms with van der Waals surface area (Å²) in [7, 11) is 0. The maximum Gasteiger partial charge on any atom is 0.120 e. The van der Waals surface area contributed by atoms with E-state index in [9.17, 15) is 10.2 Å². The van der Waals surface area contributed by atoms with Crippen molar-refractivity contribution in [2.75, 3.05) is 13.1 Å². The van der Waals surface area contributed by atoms with Crippen molar-refractivity contribution in [1.29, 1.82) is 0 Å². The highest BCUT2D eigenvalue weighted by atomic mass is 16.3. The molecule has 4 atom stereocenters. The van der Waals surface area contributed by atoms with Crippen molar-refractivity contribution < 1.29 is 10.2 Å². The van der Waals surface area contributed by atoms with Crippen LogP contribution in [0.1, 0.15) is 12.0 Å². The fraction of sp³-hybridized carbons (Fsp3) is 0.571. The molecule has 0 aliphatic carbocycles. The van der Waals surface area contributed by atoms with Gasteiger partial charge in [0.25, 0.3) is 0 Å². The number of piperidine rings is 1. The van der Waals surface area contributed by atoms with E-state index in [1.807, 2.05) is 18.2 Å². The van der Waals surface area contributed by atoms with Gasteiger partial charge < -0.3 is 10.2 Å². The number of aliphatic hydroxyl groups is 2. The zero-order chi connectivity index (χ0) is 12.5. The van der Waals surface area contributed by atoms with Gasteiger partial charge in [-0.3, -0.25) is 10.2 Å². The smallest absolute Gasteiger partial charge is 0.120 e. The number of rotatable bonds is 2. The third kappa shape index (κ3) is 2.29. The Morgan fingerprint density at radius 1 is 1.22 bits per heavy atom. The van der Waals surface area contributed by atoms with Crippen LogP contribution in [0.25, 0.3) is 0 Å². The molecule has 1 aromatic rings. The van der Waals surface area contributed by atoms with Gasteiger partial charge in [0.1, 0.15) is 6.23 Å². The minimum absolute atomic E-state index is 0.133. The zero-order valence-corrected chi connectivity index (χ0v) is 10.4. The Balaban J connectivity index is 1.76. The number of nitrogens with one attached hydrogen (secondary N) is 1. The molecular weight excluding hydrogens is 228 g/mol. The second-order valence-electron chi connectivity index (χ2n) is 5.41. The molecule has 3 N–H and O–H groups in total. The van der Waals surface area contributed by atoms with E-state index in [1.54, 1.807) is 0 Å². The predicted octanol–water partition coefficient (Wildman–Crippen LogP) is 0.160. The van der Waals surface area contributed by atoms with Crippen molar-refractivity contribution in [2.24, 2.45) is 5.92 Å². The highest BCUT2D eigenvalue weighted by Gasteiger charge is 2.43. The van der Waals surface area contributed by atoms with Gasteiger partial charge in [-0.25, -0.2) is 0 Å². The summed E-state index contributed by atoms with van der Waals surface area (Å²) in [5, 5.41) is 23.1. The topological polar surface area (TPSA) is 55.7 Å². The van der Waals surface area contributed by atoms with Crippen LogP contribution in [0.5, 0.6) is 0 Å². The molecule has 2 saturated heterocycles. The van der Waals surface area contributed by atoms with Gasteiger partial charge in [0.05, 0.1) is 12.1 Å². The fourth-order valence-corrected chi connectivity index (χ4v) is 3.30. The molecule has 98 valence electrons. The third-order valence-electron chi connectivity index (χ3n) is 4.07. The standard InChI is InChI=1S/C14H20N2O2/c17-12-6-11-7-15-14(18)13(11)16(9-12)8-10-4-2-1-3-5-10/h1-5,11-15,17-18H,6-9H2/t11-,12+,13-,14?/m0/s1. The van der Waals surface area contributed by atoms with Gasteiger partial charge in [-0.05, 0) is 17.9 Å². The van der Waals surface area contributed by atoms with Gasteiger partial charge in [0.2, 0.25) is 0 Å². The van der Waals surface area contributed by atoms with Crippen LogP contribution >= 0.6 is 0 Å². The average molecular weight is 248 g/mol. The van der Waals surface area contributed by atoms with Crippen LogP contribution in [-0.4, -0.2) is 46.6 Å². The molecule has 0 amide bonds. The number of nitrogens with zero attached hydrogens (tertiary/aromatic N) is 1. The third-order valence-corrected chi connectivity index (χ3v) is 4.07. The fourth-order valence-electron chi connectivity index (χ4n) is 3.30. The maximum atomic E-state index is 10.0. The molecule has 2 aliphatic rings. The van der Waals surface area contributed by atoms with E-state index >= 15 is 0 Å². The van der Waals surface area contributed by atoms with Crippen molar-refractivity contribution in [2.45, 2.75) is 31.3 Å². The molecule has 4 nitrogen and oxygen atoms in total. The predicted molar refractivity (Wildman–Crippen MR) is 68.8 cm³/mol. The van der Waals surface area contributed by atoms with Gasteiger partial charge in [0.15, 0.2) is 0 Å². The molecular formula is C14H20N2O2. The van der Waals surface area contributed by atoms with Crippen molar-refractivity contribution >= 4 is 0 Å². The summed E-state index contributed by atoms with van der Waals surface area (Å²) in [4.78, 5) is 2.21. The SMILES string of the molecule is OC1NC[C@@H]2C[C@@H](O)CN(Cc3ccccc3)[C@H]12. The zero-order valence-electron chi connectivity index (χ0n) is 10.4. The first-order valence-electron chi connectivity index (χ1n) is 6.61. The lowest BCUT2D eigenvalue weighted by Gasteiger charge is -2.40. The molecule has 4 heteroatoms. The largest absolute Gasteiger partial charge is 0.392 e. The Hall–Kier alpha value is -0.940. The van der Waals surface area contributed by atoms with E-state index in [4.69, 9.17) is 0 Å². The van der Waals surface area contributed by atoms with Gasteiger partial charge >= 0.3 is 0 Å². The van der Waals surface area contributed by atoms with Gasteiger partial charge in [-0.2, -0.15) is 0 Å². The summed E-state index contributed by atoms with van der Waals surface area (Å²) < 4.78 is 0. The number of aliphatic hydroxyl groups excluding tert-OH is 2. The van der Waals surface area contributed by atoms with Crippen LogP contribution in [0, 0.1) is 5.92 Å². The van der Waals surface area contributed by atoms with E-state index in [-0.39, 0.29) is 12.1 Å². The molecule has 0 spiro atoms. The van der Waals surface area contributed by atoms with E-state index in [0.717, 1.165) is 19.5 Å². The first-order valence-corrected chi connectivity index (χ1v) is 6.61. The van der Waals surface area contributed by atoms with Gasteiger partial charge in [-0.15, -0.1) is 0 Å². The van der Waals surface area contributed by atoms with Crippen LogP contribution in [0.4, 0.5) is 0 Å². The molecule has 1 aromatic carbocycles. The van der Waals surface area contributed by atoms with Crippen molar-refractivity contribution in [1.82, 2.24) is 10.2 Å². The molecule has 18 heavy (non-hydrogen) atoms. The summed E-state index contributed by atoms with van der Waals surface area (Å²) >= 11 is 0. The minimum atomic E-state index is -0.466. The molecule has 0 bridgehead atoms. The Labute approximate surface area is 107 Å². The summed E-state index contributed by atoms with van der Waals surface area (Å²) in [6.07, 6.45) is 0.0493. The van der Waals surface area contributed by atoms with Crippen LogP contribution in [-0.2, 0) is 6.54 Å². The van der Waals surface area contributed by atoms with E-state index in [0.29, 0.717) is 12.5 Å². The first-order chi connectivity index (χ1) is 8.74. The Kier molecular flexibility index (Phi) is 3.35. The highest BCUT2D eigenvalue weighted by Crippen LogP contribution is 2.30. The summed E-state index contributed by atoms with van der Waals surface area (Å²) in [5.74, 6) is 0.354. The lowest BCUT2D eigenvalue weighted by atomic mass is 9.89. The Morgan fingerprint density at radius 2 is 2.00 bits per heavy atom. The Bertz CT molecular complexity index is 398. The molecule has 0 saturated carbocycles. The van der Waals surface area contributed by atoms with Crippen molar-refractivity contribution in [3.8, 4) is 0 Å². The number of hydrogen-bond acceptors (Lipinski definition) is 4. The first kappa shape index (κ1) is 12.1. The molecule has 2 aliphatic heterocycles. The number of hydrogen-bond donors (Lipinski definition) is 3. The maximum absolute atomic E-state index is 10.0. The van der Waals surface area contributed by atoms with E-state index in [1.165, 1.54) is 5.56 Å². The molecule has 1 unspecified atom stereocenters. The van der Waals surface area contributed by atoms with E-state index < -0.39 is 6.23 Å². The number of benzene rings is 1. The second kappa shape index (κ2) is 4.97. The van der Waals surface area contributed by atoms with Crippen LogP contribution in [0.2, 0.25) is 0 Å². The molecule has 2 heterocycles. The van der Waals surface area contributed by atoms with Crippen molar-refractivity contribution in [3.63, 3.8) is 0 Å². The lowest BCUT2D eigenvalue weighted by molar-refractivity contribution is -0.0325. The average Bonchev–Trinajstić information content (AvgIpc) is 2.72. The molecule has 3 rings (SSSR count). The highest BCUT2D eigenvalue weighted by molar-refractivity contribution is 5.15. The van der Waals surface area contributed by atoms with Crippen molar-refractivity contribution in [3.05, 3.63) is 35.9 Å². The van der Waals surface area contributed by atoms with Gasteiger partial charge in [0, 0.05) is 19.6 Å². The Morgan fingerprint density at radius 3 is 2.78 bits per heavy atom. The second-order valence-corrected chi connectivity index (χ2v) is 5.41. The summed E-state index contributed by atoms with van der Waals surface area (Å²) in [6.45, 7) is 2.24. The number of β-amino-alcohol motifs (C(OH)–C–C–N with tert-alkyl or cyclic N) is 1. The van der Waals surface area contributed by atoms with Crippen LogP contribution < -0.4 is 5.32 Å². The minimum Gasteiger partial charge on any atom is -0.392 e. The number of likely N-dealkylation sites (tertiary alicyclic amines) is 1.